The van der Waals surface area contributed by atoms with Crippen molar-refractivity contribution >= 4 is 17.5 Å². The molecule has 1 fully saturated rings. The van der Waals surface area contributed by atoms with Gasteiger partial charge in [0.25, 0.3) is 0 Å². The molecule has 0 saturated heterocycles. The Labute approximate surface area is 136 Å². The maximum absolute atomic E-state index is 12.2. The highest BCUT2D eigenvalue weighted by Crippen LogP contribution is 2.34. The number of amides is 2. The van der Waals surface area contributed by atoms with Crippen molar-refractivity contribution in [3.05, 3.63) is 29.8 Å². The first-order valence-corrected chi connectivity index (χ1v) is 8.47. The van der Waals surface area contributed by atoms with Crippen molar-refractivity contribution in [2.75, 3.05) is 18.1 Å². The lowest BCUT2D eigenvalue weighted by atomic mass is 10.0. The number of hydrogen-bond donors (Lipinski definition) is 2. The average molecular weight is 316 g/mol. The SMILES string of the molecule is O=C(CCN1C(=O)CCc2ccccc21)NC(CCO)C1CC1. The van der Waals surface area contributed by atoms with Crippen LogP contribution in [-0.2, 0) is 16.0 Å². The molecule has 2 aliphatic rings. The fourth-order valence-corrected chi connectivity index (χ4v) is 3.30. The number of aliphatic hydroxyl groups is 1. The van der Waals surface area contributed by atoms with Crippen molar-refractivity contribution < 1.29 is 14.7 Å². The van der Waals surface area contributed by atoms with E-state index in [1.54, 1.807) is 4.90 Å². The molecule has 5 nitrogen and oxygen atoms in total. The number of fused-ring (bicyclic) bond motifs is 1. The Morgan fingerprint density at radius 2 is 2.09 bits per heavy atom. The van der Waals surface area contributed by atoms with Crippen LogP contribution < -0.4 is 10.2 Å². The molecule has 1 aromatic rings. The number of hydrogen-bond acceptors (Lipinski definition) is 3. The summed E-state index contributed by atoms with van der Waals surface area (Å²) in [6.07, 6.45) is 4.45. The van der Waals surface area contributed by atoms with Gasteiger partial charge in [-0.2, -0.15) is 0 Å². The second kappa shape index (κ2) is 7.13. The monoisotopic (exact) mass is 316 g/mol. The van der Waals surface area contributed by atoms with Crippen LogP contribution in [0.5, 0.6) is 0 Å². The van der Waals surface area contributed by atoms with Gasteiger partial charge in [-0.25, -0.2) is 0 Å². The number of para-hydroxylation sites is 1. The second-order valence-electron chi connectivity index (χ2n) is 6.45. The minimum Gasteiger partial charge on any atom is -0.396 e. The molecule has 1 unspecified atom stereocenters. The molecule has 3 rings (SSSR count). The van der Waals surface area contributed by atoms with E-state index >= 15 is 0 Å². The molecular formula is C18H24N2O3. The standard InChI is InChI=1S/C18H24N2O3/c21-12-10-15(13-5-6-13)19-17(22)9-11-20-16-4-2-1-3-14(16)7-8-18(20)23/h1-4,13,15,21H,5-12H2,(H,19,22). The summed E-state index contributed by atoms with van der Waals surface area (Å²) in [6, 6.07) is 7.98. The predicted octanol–water partition coefficient (Wildman–Crippen LogP) is 1.63. The van der Waals surface area contributed by atoms with Crippen molar-refractivity contribution in [2.24, 2.45) is 5.92 Å². The summed E-state index contributed by atoms with van der Waals surface area (Å²) in [5.74, 6) is 0.570. The summed E-state index contributed by atoms with van der Waals surface area (Å²) in [4.78, 5) is 26.1. The van der Waals surface area contributed by atoms with Crippen LogP contribution in [0, 0.1) is 5.92 Å². The number of anilines is 1. The normalized spacial score (nSPS) is 18.5. The quantitative estimate of drug-likeness (QED) is 0.803. The van der Waals surface area contributed by atoms with Crippen molar-refractivity contribution in [1.29, 1.82) is 0 Å². The Morgan fingerprint density at radius 1 is 1.30 bits per heavy atom. The molecule has 0 radical (unpaired) electrons. The van der Waals surface area contributed by atoms with Gasteiger partial charge in [0.15, 0.2) is 0 Å². The largest absolute Gasteiger partial charge is 0.396 e. The summed E-state index contributed by atoms with van der Waals surface area (Å²) in [5.41, 5.74) is 2.11. The molecule has 0 aromatic heterocycles. The molecule has 0 spiro atoms. The topological polar surface area (TPSA) is 69.6 Å². The highest BCUT2D eigenvalue weighted by molar-refractivity contribution is 5.97. The van der Waals surface area contributed by atoms with Gasteiger partial charge in [-0.15, -0.1) is 0 Å². The molecule has 2 N–H and O–H groups in total. The minimum atomic E-state index is -0.0359. The van der Waals surface area contributed by atoms with Crippen LogP contribution in [-0.4, -0.2) is 36.1 Å². The second-order valence-corrected chi connectivity index (χ2v) is 6.45. The van der Waals surface area contributed by atoms with E-state index in [9.17, 15) is 9.59 Å². The van der Waals surface area contributed by atoms with E-state index in [2.05, 4.69) is 5.32 Å². The molecule has 1 atom stereocenters. The van der Waals surface area contributed by atoms with Gasteiger partial charge < -0.3 is 15.3 Å². The zero-order valence-electron chi connectivity index (χ0n) is 13.3. The number of aryl methyl sites for hydroxylation is 1. The number of aliphatic hydroxyl groups excluding tert-OH is 1. The van der Waals surface area contributed by atoms with Crippen LogP contribution in [0.2, 0.25) is 0 Å². The van der Waals surface area contributed by atoms with Crippen molar-refractivity contribution in [3.8, 4) is 0 Å². The van der Waals surface area contributed by atoms with Gasteiger partial charge in [-0.3, -0.25) is 9.59 Å². The highest BCUT2D eigenvalue weighted by atomic mass is 16.3. The minimum absolute atomic E-state index is 0.0359. The lowest BCUT2D eigenvalue weighted by Crippen LogP contribution is -2.41. The van der Waals surface area contributed by atoms with E-state index in [1.165, 1.54) is 5.56 Å². The number of carbonyl (C=O) groups excluding carboxylic acids is 2. The number of benzene rings is 1. The molecule has 23 heavy (non-hydrogen) atoms. The summed E-state index contributed by atoms with van der Waals surface area (Å²) in [5, 5.41) is 12.1. The van der Waals surface area contributed by atoms with E-state index in [1.807, 2.05) is 24.3 Å². The van der Waals surface area contributed by atoms with Crippen LogP contribution in [0.3, 0.4) is 0 Å². The van der Waals surface area contributed by atoms with E-state index in [4.69, 9.17) is 5.11 Å². The Balaban J connectivity index is 1.57. The van der Waals surface area contributed by atoms with Gasteiger partial charge in [0.2, 0.25) is 11.8 Å². The molecule has 1 aromatic carbocycles. The Hall–Kier alpha value is -1.88. The number of nitrogens with zero attached hydrogens (tertiary/aromatic N) is 1. The van der Waals surface area contributed by atoms with Gasteiger partial charge >= 0.3 is 0 Å². The summed E-state index contributed by atoms with van der Waals surface area (Å²) in [7, 11) is 0. The third kappa shape index (κ3) is 3.91. The van der Waals surface area contributed by atoms with Crippen molar-refractivity contribution in [3.63, 3.8) is 0 Å². The molecule has 5 heteroatoms. The van der Waals surface area contributed by atoms with Crippen LogP contribution in [0.25, 0.3) is 0 Å². The molecule has 1 aliphatic heterocycles. The van der Waals surface area contributed by atoms with Crippen molar-refractivity contribution in [2.45, 2.75) is 44.6 Å². The Bertz CT molecular complexity index is 583. The molecule has 124 valence electrons. The van der Waals surface area contributed by atoms with Gasteiger partial charge in [-0.1, -0.05) is 18.2 Å². The van der Waals surface area contributed by atoms with Gasteiger partial charge in [-0.05, 0) is 43.2 Å². The zero-order valence-corrected chi connectivity index (χ0v) is 13.3. The van der Waals surface area contributed by atoms with Gasteiger partial charge in [0.1, 0.15) is 0 Å². The first-order chi connectivity index (χ1) is 11.2. The third-order valence-electron chi connectivity index (χ3n) is 4.73. The van der Waals surface area contributed by atoms with E-state index in [0.717, 1.165) is 24.9 Å². The number of rotatable bonds is 7. The van der Waals surface area contributed by atoms with E-state index < -0.39 is 0 Å². The fourth-order valence-electron chi connectivity index (χ4n) is 3.30. The maximum Gasteiger partial charge on any atom is 0.227 e. The summed E-state index contributed by atoms with van der Waals surface area (Å²) in [6.45, 7) is 0.512. The number of nitrogens with one attached hydrogen (secondary N) is 1. The van der Waals surface area contributed by atoms with Crippen LogP contribution in [0.1, 0.15) is 37.7 Å². The van der Waals surface area contributed by atoms with Crippen molar-refractivity contribution in [1.82, 2.24) is 5.32 Å². The first-order valence-electron chi connectivity index (χ1n) is 8.47. The fraction of sp³-hybridized carbons (Fsp3) is 0.556. The molecule has 2 amide bonds. The zero-order chi connectivity index (χ0) is 16.2. The smallest absolute Gasteiger partial charge is 0.227 e. The van der Waals surface area contributed by atoms with Crippen LogP contribution >= 0.6 is 0 Å². The van der Waals surface area contributed by atoms with E-state index in [-0.39, 0.29) is 24.5 Å². The van der Waals surface area contributed by atoms with Gasteiger partial charge in [0, 0.05) is 37.7 Å². The van der Waals surface area contributed by atoms with Gasteiger partial charge in [0.05, 0.1) is 0 Å². The van der Waals surface area contributed by atoms with Crippen LogP contribution in [0.4, 0.5) is 5.69 Å². The summed E-state index contributed by atoms with van der Waals surface area (Å²) < 4.78 is 0. The third-order valence-corrected chi connectivity index (χ3v) is 4.73. The molecule has 1 heterocycles. The Kier molecular flexibility index (Phi) is 4.96. The maximum atomic E-state index is 12.2. The lowest BCUT2D eigenvalue weighted by molar-refractivity contribution is -0.122. The first kappa shape index (κ1) is 16.0. The molecular weight excluding hydrogens is 292 g/mol. The van der Waals surface area contributed by atoms with Crippen LogP contribution in [0.15, 0.2) is 24.3 Å². The average Bonchev–Trinajstić information content (AvgIpc) is 3.38. The Morgan fingerprint density at radius 3 is 2.83 bits per heavy atom. The molecule has 1 saturated carbocycles. The lowest BCUT2D eigenvalue weighted by Gasteiger charge is -2.29. The van der Waals surface area contributed by atoms with E-state index in [0.29, 0.717) is 31.7 Å². The summed E-state index contributed by atoms with van der Waals surface area (Å²) >= 11 is 0. The highest BCUT2D eigenvalue weighted by Gasteiger charge is 2.32. The molecule has 0 bridgehead atoms. The predicted molar refractivity (Wildman–Crippen MR) is 88.1 cm³/mol. The molecule has 1 aliphatic carbocycles. The number of carbonyl (C=O) groups is 2.